The molecule has 0 saturated heterocycles. The van der Waals surface area contributed by atoms with Gasteiger partial charge in [-0.3, -0.25) is 0 Å². The quantitative estimate of drug-likeness (QED) is 0.799. The summed E-state index contributed by atoms with van der Waals surface area (Å²) in [5.74, 6) is 0. The third-order valence-corrected chi connectivity index (χ3v) is 4.39. The fourth-order valence-corrected chi connectivity index (χ4v) is 3.40. The fraction of sp³-hybridized carbons (Fsp3) is 0.750. The molecule has 3 heteroatoms. The molecule has 0 aromatic carbocycles. The summed E-state index contributed by atoms with van der Waals surface area (Å²) in [6.45, 7) is 2.90. The summed E-state index contributed by atoms with van der Waals surface area (Å²) >= 11 is 0. The number of likely N-dealkylation sites (N-methyl/N-ethyl adjacent to an activating group) is 1. The van der Waals surface area contributed by atoms with Crippen LogP contribution in [0.4, 0.5) is 0 Å². The zero-order chi connectivity index (χ0) is 13.6. The van der Waals surface area contributed by atoms with Crippen LogP contribution in [0.25, 0.3) is 0 Å². The maximum atomic E-state index is 6.26. The van der Waals surface area contributed by atoms with Crippen LogP contribution in [0.5, 0.6) is 0 Å². The summed E-state index contributed by atoms with van der Waals surface area (Å²) in [6, 6.07) is 2.42. The highest BCUT2D eigenvalue weighted by atomic mass is 16.5. The summed E-state index contributed by atoms with van der Waals surface area (Å²) in [4.78, 5) is 0. The number of furan rings is 1. The van der Waals surface area contributed by atoms with Gasteiger partial charge in [-0.25, -0.2) is 0 Å². The molecule has 108 valence electrons. The number of hydrogen-bond acceptors (Lipinski definition) is 3. The number of rotatable bonds is 6. The molecular weight excluding hydrogens is 238 g/mol. The van der Waals surface area contributed by atoms with E-state index in [-0.39, 0.29) is 5.60 Å². The predicted octanol–water partition coefficient (Wildman–Crippen LogP) is 3.54. The standard InChI is InChI=1S/C16H27NO2/c1-3-19-16(9-6-4-5-7-10-16)15(17-2)12-14-8-11-18-13-14/h8,11,13,15,17H,3-7,9-10,12H2,1-2H3. The molecule has 19 heavy (non-hydrogen) atoms. The monoisotopic (exact) mass is 265 g/mol. The van der Waals surface area contributed by atoms with E-state index < -0.39 is 0 Å². The third-order valence-electron chi connectivity index (χ3n) is 4.39. The first-order valence-electron chi connectivity index (χ1n) is 7.63. The topological polar surface area (TPSA) is 34.4 Å². The molecule has 1 aromatic rings. The van der Waals surface area contributed by atoms with Gasteiger partial charge in [0, 0.05) is 12.6 Å². The van der Waals surface area contributed by atoms with Crippen LogP contribution in [0, 0.1) is 0 Å². The van der Waals surface area contributed by atoms with Crippen molar-refractivity contribution in [3.63, 3.8) is 0 Å². The van der Waals surface area contributed by atoms with Crippen molar-refractivity contribution < 1.29 is 9.15 Å². The summed E-state index contributed by atoms with van der Waals surface area (Å²) in [7, 11) is 2.05. The van der Waals surface area contributed by atoms with E-state index in [0.29, 0.717) is 6.04 Å². The Morgan fingerprint density at radius 1 is 1.32 bits per heavy atom. The summed E-state index contributed by atoms with van der Waals surface area (Å²) in [5, 5.41) is 3.50. The maximum Gasteiger partial charge on any atom is 0.0935 e. The minimum atomic E-state index is -0.00271. The van der Waals surface area contributed by atoms with Crippen LogP contribution >= 0.6 is 0 Å². The van der Waals surface area contributed by atoms with Gasteiger partial charge in [0.1, 0.15) is 0 Å². The molecule has 1 heterocycles. The van der Waals surface area contributed by atoms with Crippen molar-refractivity contribution >= 4 is 0 Å². The fourth-order valence-electron chi connectivity index (χ4n) is 3.40. The van der Waals surface area contributed by atoms with Crippen LogP contribution in [0.2, 0.25) is 0 Å². The number of nitrogens with one attached hydrogen (secondary N) is 1. The average Bonchev–Trinajstić information content (AvgIpc) is 2.82. The van der Waals surface area contributed by atoms with E-state index in [1.165, 1.54) is 44.1 Å². The van der Waals surface area contributed by atoms with E-state index in [4.69, 9.17) is 9.15 Å². The molecule has 3 nitrogen and oxygen atoms in total. The SMILES string of the molecule is CCOC1(C(Cc2ccoc2)NC)CCCCCC1. The second-order valence-corrected chi connectivity index (χ2v) is 5.59. The van der Waals surface area contributed by atoms with Gasteiger partial charge in [-0.15, -0.1) is 0 Å². The summed E-state index contributed by atoms with van der Waals surface area (Å²) in [6.07, 6.45) is 12.2. The van der Waals surface area contributed by atoms with E-state index in [1.54, 1.807) is 6.26 Å². The smallest absolute Gasteiger partial charge is 0.0935 e. The van der Waals surface area contributed by atoms with E-state index >= 15 is 0 Å². The van der Waals surface area contributed by atoms with Gasteiger partial charge in [-0.2, -0.15) is 0 Å². The molecule has 0 radical (unpaired) electrons. The lowest BCUT2D eigenvalue weighted by atomic mass is 9.83. The molecule has 0 bridgehead atoms. The van der Waals surface area contributed by atoms with Gasteiger partial charge in [-0.1, -0.05) is 25.7 Å². The second kappa shape index (κ2) is 7.11. The predicted molar refractivity (Wildman–Crippen MR) is 77.3 cm³/mol. The largest absolute Gasteiger partial charge is 0.472 e. The van der Waals surface area contributed by atoms with Crippen LogP contribution < -0.4 is 5.32 Å². The third kappa shape index (κ3) is 3.61. The summed E-state index contributed by atoms with van der Waals surface area (Å²) in [5.41, 5.74) is 1.25. The Morgan fingerprint density at radius 3 is 2.58 bits per heavy atom. The lowest BCUT2D eigenvalue weighted by Gasteiger charge is -2.40. The Balaban J connectivity index is 2.13. The first-order chi connectivity index (χ1) is 9.30. The van der Waals surface area contributed by atoms with Crippen molar-refractivity contribution in [3.05, 3.63) is 24.2 Å². The highest BCUT2D eigenvalue weighted by Gasteiger charge is 2.39. The molecule has 0 aliphatic heterocycles. The molecule has 1 unspecified atom stereocenters. The summed E-state index contributed by atoms with van der Waals surface area (Å²) < 4.78 is 11.5. The van der Waals surface area contributed by atoms with Gasteiger partial charge in [0.05, 0.1) is 18.1 Å². The minimum absolute atomic E-state index is 0.00271. The van der Waals surface area contributed by atoms with E-state index in [9.17, 15) is 0 Å². The van der Waals surface area contributed by atoms with Crippen LogP contribution in [0.1, 0.15) is 51.0 Å². The molecule has 2 rings (SSSR count). The van der Waals surface area contributed by atoms with Gasteiger partial charge in [0.15, 0.2) is 0 Å². The molecule has 1 atom stereocenters. The van der Waals surface area contributed by atoms with Crippen molar-refractivity contribution in [3.8, 4) is 0 Å². The van der Waals surface area contributed by atoms with E-state index in [2.05, 4.69) is 25.4 Å². The number of ether oxygens (including phenoxy) is 1. The second-order valence-electron chi connectivity index (χ2n) is 5.59. The van der Waals surface area contributed by atoms with Gasteiger partial charge in [-0.05, 0) is 44.9 Å². The molecule has 1 aliphatic carbocycles. The average molecular weight is 265 g/mol. The zero-order valence-electron chi connectivity index (χ0n) is 12.3. The van der Waals surface area contributed by atoms with Crippen molar-refractivity contribution in [2.24, 2.45) is 0 Å². The van der Waals surface area contributed by atoms with Crippen molar-refractivity contribution in [2.75, 3.05) is 13.7 Å². The zero-order valence-corrected chi connectivity index (χ0v) is 12.3. The van der Waals surface area contributed by atoms with Crippen LogP contribution in [-0.4, -0.2) is 25.3 Å². The van der Waals surface area contributed by atoms with Gasteiger partial charge >= 0.3 is 0 Å². The molecule has 1 aliphatic rings. The highest BCUT2D eigenvalue weighted by molar-refractivity contribution is 5.10. The molecule has 1 fully saturated rings. The van der Waals surface area contributed by atoms with E-state index in [0.717, 1.165) is 13.0 Å². The van der Waals surface area contributed by atoms with Gasteiger partial charge < -0.3 is 14.5 Å². The van der Waals surface area contributed by atoms with Gasteiger partial charge in [0.25, 0.3) is 0 Å². The van der Waals surface area contributed by atoms with Crippen molar-refractivity contribution in [2.45, 2.75) is 63.5 Å². The Bertz CT molecular complexity index is 340. The minimum Gasteiger partial charge on any atom is -0.472 e. The first-order valence-corrected chi connectivity index (χ1v) is 7.63. The highest BCUT2D eigenvalue weighted by Crippen LogP contribution is 2.34. The molecule has 0 spiro atoms. The normalized spacial score (nSPS) is 20.9. The maximum absolute atomic E-state index is 6.26. The lowest BCUT2D eigenvalue weighted by Crippen LogP contribution is -2.52. The molecule has 1 saturated carbocycles. The van der Waals surface area contributed by atoms with Crippen LogP contribution in [0.3, 0.4) is 0 Å². The van der Waals surface area contributed by atoms with Crippen LogP contribution in [0.15, 0.2) is 23.0 Å². The first kappa shape index (κ1) is 14.6. The van der Waals surface area contributed by atoms with Crippen LogP contribution in [-0.2, 0) is 11.2 Å². The van der Waals surface area contributed by atoms with Crippen molar-refractivity contribution in [1.82, 2.24) is 5.32 Å². The Hall–Kier alpha value is -0.800. The Labute approximate surface area is 116 Å². The molecule has 1 N–H and O–H groups in total. The Kier molecular flexibility index (Phi) is 5.46. The Morgan fingerprint density at radius 2 is 2.05 bits per heavy atom. The van der Waals surface area contributed by atoms with Gasteiger partial charge in [0.2, 0.25) is 0 Å². The van der Waals surface area contributed by atoms with Crippen molar-refractivity contribution in [1.29, 1.82) is 0 Å². The number of hydrogen-bond donors (Lipinski definition) is 1. The molecular formula is C16H27NO2. The molecule has 1 aromatic heterocycles. The van der Waals surface area contributed by atoms with E-state index in [1.807, 2.05) is 6.26 Å². The lowest BCUT2D eigenvalue weighted by molar-refractivity contribution is -0.0752. The molecule has 0 amide bonds.